The second-order valence-corrected chi connectivity index (χ2v) is 4.58. The van der Waals surface area contributed by atoms with Crippen LogP contribution in [0.2, 0.25) is 0 Å². The highest BCUT2D eigenvalue weighted by Gasteiger charge is 2.17. The minimum absolute atomic E-state index is 0.416. The van der Waals surface area contributed by atoms with Crippen LogP contribution in [0, 0.1) is 0 Å². The van der Waals surface area contributed by atoms with Crippen LogP contribution in [0.25, 0.3) is 22.3 Å². The summed E-state index contributed by atoms with van der Waals surface area (Å²) in [6.45, 7) is 2.09. The maximum absolute atomic E-state index is 5.25. The maximum Gasteiger partial charge on any atom is 0.271 e. The fourth-order valence-corrected chi connectivity index (χ4v) is 2.24. The summed E-state index contributed by atoms with van der Waals surface area (Å²) < 4.78 is 9.19. The van der Waals surface area contributed by atoms with Crippen LogP contribution < -0.4 is 0 Å². The van der Waals surface area contributed by atoms with Gasteiger partial charge in [0.15, 0.2) is 0 Å². The molecule has 3 rings (SSSR count). The highest BCUT2D eigenvalue weighted by atomic mass is 32.1. The normalized spacial score (nSPS) is 10.8. The van der Waals surface area contributed by atoms with Gasteiger partial charge in [-0.25, -0.2) is 0 Å². The molecule has 0 bridgehead atoms. The molecule has 0 atom stereocenters. The molecular formula is C11H10N6OS. The van der Waals surface area contributed by atoms with Gasteiger partial charge in [0, 0.05) is 6.20 Å². The number of rotatable bonds is 4. The van der Waals surface area contributed by atoms with E-state index in [0.29, 0.717) is 17.4 Å². The van der Waals surface area contributed by atoms with Crippen molar-refractivity contribution >= 4 is 11.5 Å². The molecule has 0 radical (unpaired) electrons. The zero-order chi connectivity index (χ0) is 13.1. The first-order chi connectivity index (χ1) is 9.38. The van der Waals surface area contributed by atoms with Crippen LogP contribution in [-0.2, 0) is 6.42 Å². The van der Waals surface area contributed by atoms with Crippen molar-refractivity contribution in [1.82, 2.24) is 29.9 Å². The Morgan fingerprint density at radius 3 is 3.05 bits per heavy atom. The first kappa shape index (κ1) is 11.8. The third-order valence-electron chi connectivity index (χ3n) is 2.46. The minimum Gasteiger partial charge on any atom is -0.333 e. The number of hydrogen-bond donors (Lipinski definition) is 0. The van der Waals surface area contributed by atoms with E-state index in [-0.39, 0.29) is 0 Å². The highest BCUT2D eigenvalue weighted by Crippen LogP contribution is 2.26. The molecule has 3 aromatic heterocycles. The molecule has 0 aliphatic heterocycles. The van der Waals surface area contributed by atoms with Crippen molar-refractivity contribution < 1.29 is 4.52 Å². The van der Waals surface area contributed by atoms with Crippen molar-refractivity contribution in [2.75, 3.05) is 0 Å². The van der Waals surface area contributed by atoms with Gasteiger partial charge in [-0.05, 0) is 30.1 Å². The summed E-state index contributed by atoms with van der Waals surface area (Å²) in [5, 5.41) is 15.7. The number of aromatic nitrogens is 6. The molecule has 0 saturated carbocycles. The summed E-state index contributed by atoms with van der Waals surface area (Å²) in [4.78, 5) is 5.14. The Bertz CT molecular complexity index is 665. The van der Waals surface area contributed by atoms with Crippen LogP contribution in [0.3, 0.4) is 0 Å². The lowest BCUT2D eigenvalue weighted by Crippen LogP contribution is -1.88. The van der Waals surface area contributed by atoms with Gasteiger partial charge in [0.1, 0.15) is 10.6 Å². The highest BCUT2D eigenvalue weighted by molar-refractivity contribution is 7.09. The van der Waals surface area contributed by atoms with Gasteiger partial charge in [0.2, 0.25) is 5.82 Å². The van der Waals surface area contributed by atoms with E-state index in [1.165, 1.54) is 11.5 Å². The molecule has 0 N–H and O–H groups in total. The van der Waals surface area contributed by atoms with Gasteiger partial charge in [0.25, 0.3) is 5.89 Å². The largest absolute Gasteiger partial charge is 0.333 e. The Hall–Kier alpha value is -2.22. The van der Waals surface area contributed by atoms with Crippen LogP contribution in [0.4, 0.5) is 0 Å². The van der Waals surface area contributed by atoms with Gasteiger partial charge in [-0.3, -0.25) is 0 Å². The molecule has 0 aliphatic rings. The Balaban J connectivity index is 1.95. The molecule has 3 aromatic rings. The fourth-order valence-electron chi connectivity index (χ4n) is 1.61. The summed E-state index contributed by atoms with van der Waals surface area (Å²) in [6.07, 6.45) is 3.43. The molecule has 0 amide bonds. The predicted molar refractivity (Wildman–Crippen MR) is 68.2 cm³/mol. The Morgan fingerprint density at radius 2 is 2.26 bits per heavy atom. The topological polar surface area (TPSA) is 90.5 Å². The van der Waals surface area contributed by atoms with Gasteiger partial charge >= 0.3 is 0 Å². The van der Waals surface area contributed by atoms with Crippen molar-refractivity contribution in [3.63, 3.8) is 0 Å². The van der Waals surface area contributed by atoms with E-state index in [9.17, 15) is 0 Å². The first-order valence-corrected chi connectivity index (χ1v) is 6.59. The SMILES string of the molecule is CCCc1nnsc1-c1nc(-c2cccnn2)no1. The Labute approximate surface area is 112 Å². The number of hydrogen-bond acceptors (Lipinski definition) is 8. The monoisotopic (exact) mass is 274 g/mol. The van der Waals surface area contributed by atoms with Gasteiger partial charge in [0.05, 0.1) is 5.69 Å². The van der Waals surface area contributed by atoms with E-state index in [1.807, 2.05) is 0 Å². The smallest absolute Gasteiger partial charge is 0.271 e. The number of nitrogens with zero attached hydrogens (tertiary/aromatic N) is 6. The molecule has 0 spiro atoms. The summed E-state index contributed by atoms with van der Waals surface area (Å²) in [5.41, 5.74) is 1.47. The summed E-state index contributed by atoms with van der Waals surface area (Å²) in [7, 11) is 0. The molecule has 0 aliphatic carbocycles. The van der Waals surface area contributed by atoms with E-state index in [4.69, 9.17) is 4.52 Å². The van der Waals surface area contributed by atoms with Crippen molar-refractivity contribution in [2.24, 2.45) is 0 Å². The molecule has 19 heavy (non-hydrogen) atoms. The van der Waals surface area contributed by atoms with Crippen LogP contribution in [0.5, 0.6) is 0 Å². The first-order valence-electron chi connectivity index (χ1n) is 5.82. The van der Waals surface area contributed by atoms with Crippen molar-refractivity contribution in [1.29, 1.82) is 0 Å². The van der Waals surface area contributed by atoms with Crippen molar-refractivity contribution in [3.8, 4) is 22.3 Å². The minimum atomic E-state index is 0.416. The molecule has 7 nitrogen and oxygen atoms in total. The Kier molecular flexibility index (Phi) is 3.23. The second kappa shape index (κ2) is 5.19. The van der Waals surface area contributed by atoms with Crippen LogP contribution in [0.15, 0.2) is 22.9 Å². The lowest BCUT2D eigenvalue weighted by molar-refractivity contribution is 0.432. The third kappa shape index (κ3) is 2.34. The fraction of sp³-hybridized carbons (Fsp3) is 0.273. The van der Waals surface area contributed by atoms with Crippen LogP contribution >= 0.6 is 11.5 Å². The summed E-state index contributed by atoms with van der Waals surface area (Å²) in [6, 6.07) is 3.55. The summed E-state index contributed by atoms with van der Waals surface area (Å²) >= 11 is 1.26. The zero-order valence-corrected chi connectivity index (χ0v) is 11.0. The van der Waals surface area contributed by atoms with Gasteiger partial charge in [-0.2, -0.15) is 10.1 Å². The van der Waals surface area contributed by atoms with Gasteiger partial charge in [-0.1, -0.05) is 23.0 Å². The summed E-state index contributed by atoms with van der Waals surface area (Å²) in [5.74, 6) is 0.845. The van der Waals surface area contributed by atoms with E-state index in [0.717, 1.165) is 23.4 Å². The molecule has 0 unspecified atom stereocenters. The third-order valence-corrected chi connectivity index (χ3v) is 3.22. The van der Waals surface area contributed by atoms with Gasteiger partial charge in [-0.15, -0.1) is 10.2 Å². The van der Waals surface area contributed by atoms with Crippen LogP contribution in [0.1, 0.15) is 19.0 Å². The predicted octanol–water partition coefficient (Wildman–Crippen LogP) is 2.00. The molecule has 8 heteroatoms. The van der Waals surface area contributed by atoms with Gasteiger partial charge < -0.3 is 4.52 Å². The molecule has 96 valence electrons. The molecule has 0 aromatic carbocycles. The Morgan fingerprint density at radius 1 is 1.32 bits per heavy atom. The van der Waals surface area contributed by atoms with E-state index in [2.05, 4.69) is 36.8 Å². The lowest BCUT2D eigenvalue weighted by Gasteiger charge is -1.92. The van der Waals surface area contributed by atoms with Crippen LogP contribution in [-0.4, -0.2) is 29.9 Å². The lowest BCUT2D eigenvalue weighted by atomic mass is 10.2. The van der Waals surface area contributed by atoms with Crippen molar-refractivity contribution in [2.45, 2.75) is 19.8 Å². The molecule has 0 saturated heterocycles. The second-order valence-electron chi connectivity index (χ2n) is 3.83. The quantitative estimate of drug-likeness (QED) is 0.718. The standard InChI is InChI=1S/C11H10N6OS/c1-2-4-7-9(19-17-15-7)11-13-10(16-18-11)8-5-3-6-12-14-8/h3,5-6H,2,4H2,1H3. The van der Waals surface area contributed by atoms with E-state index in [1.54, 1.807) is 18.3 Å². The van der Waals surface area contributed by atoms with E-state index >= 15 is 0 Å². The average molecular weight is 274 g/mol. The maximum atomic E-state index is 5.25. The average Bonchev–Trinajstić information content (AvgIpc) is 3.08. The van der Waals surface area contributed by atoms with E-state index < -0.39 is 0 Å². The zero-order valence-electron chi connectivity index (χ0n) is 10.1. The molecule has 0 fully saturated rings. The number of aryl methyl sites for hydroxylation is 1. The molecule has 3 heterocycles. The van der Waals surface area contributed by atoms with Crippen molar-refractivity contribution in [3.05, 3.63) is 24.0 Å². The molecular weight excluding hydrogens is 264 g/mol.